The van der Waals surface area contributed by atoms with Crippen molar-refractivity contribution in [2.45, 2.75) is 19.1 Å². The Balaban J connectivity index is 2.19. The van der Waals surface area contributed by atoms with Crippen molar-refractivity contribution in [3.05, 3.63) is 29.8 Å². The van der Waals surface area contributed by atoms with Crippen LogP contribution in [0.2, 0.25) is 0 Å². The first-order valence-corrected chi connectivity index (χ1v) is 7.91. The molecular weight excluding hydrogens is 320 g/mol. The minimum Gasteiger partial charge on any atom is -0.378 e. The zero-order valence-electron chi connectivity index (χ0n) is 12.2. The highest BCUT2D eigenvalue weighted by molar-refractivity contribution is 9.09. The van der Waals surface area contributed by atoms with E-state index in [0.29, 0.717) is 13.2 Å². The fraction of sp³-hybridized carbons (Fsp3) is 0.533. The van der Waals surface area contributed by atoms with Crippen LogP contribution >= 0.6 is 15.9 Å². The molecular formula is C15H21BrN2O2. The molecule has 2 rings (SSSR count). The fourth-order valence-corrected chi connectivity index (χ4v) is 2.67. The van der Waals surface area contributed by atoms with Crippen LogP contribution < -0.4 is 4.90 Å². The molecule has 5 heteroatoms. The third-order valence-electron chi connectivity index (χ3n) is 3.55. The Kier molecular flexibility index (Phi) is 5.05. The molecule has 1 aromatic rings. The van der Waals surface area contributed by atoms with Gasteiger partial charge in [0.2, 0.25) is 0 Å². The quantitative estimate of drug-likeness (QED) is 0.792. The summed E-state index contributed by atoms with van der Waals surface area (Å²) in [6.07, 6.45) is 0.0761. The maximum atomic E-state index is 12.7. The van der Waals surface area contributed by atoms with Gasteiger partial charge in [-0.05, 0) is 25.1 Å². The highest BCUT2D eigenvalue weighted by atomic mass is 79.9. The van der Waals surface area contributed by atoms with Gasteiger partial charge in [-0.2, -0.15) is 0 Å². The summed E-state index contributed by atoms with van der Waals surface area (Å²) in [5, 5.41) is 0.751. The van der Waals surface area contributed by atoms with Crippen LogP contribution in [0.25, 0.3) is 0 Å². The van der Waals surface area contributed by atoms with Crippen molar-refractivity contribution in [3.8, 4) is 0 Å². The first kappa shape index (κ1) is 15.3. The Labute approximate surface area is 128 Å². The van der Waals surface area contributed by atoms with Crippen LogP contribution in [-0.2, 0) is 4.74 Å². The van der Waals surface area contributed by atoms with E-state index in [1.807, 2.05) is 55.1 Å². The average molecular weight is 341 g/mol. The van der Waals surface area contributed by atoms with Crippen molar-refractivity contribution < 1.29 is 9.53 Å². The molecule has 0 spiro atoms. The van der Waals surface area contributed by atoms with Crippen molar-refractivity contribution >= 4 is 27.5 Å². The second kappa shape index (κ2) is 6.59. The fourth-order valence-electron chi connectivity index (χ4n) is 2.28. The lowest BCUT2D eigenvalue weighted by molar-refractivity contribution is -0.0361. The molecule has 1 amide bonds. The van der Waals surface area contributed by atoms with Gasteiger partial charge in [-0.3, -0.25) is 4.79 Å². The van der Waals surface area contributed by atoms with Crippen LogP contribution in [0.3, 0.4) is 0 Å². The molecule has 2 unspecified atom stereocenters. The number of morpholine rings is 1. The number of amides is 1. The molecule has 1 heterocycles. The van der Waals surface area contributed by atoms with Gasteiger partial charge >= 0.3 is 0 Å². The molecule has 1 aliphatic heterocycles. The number of alkyl halides is 1. The number of anilines is 1. The van der Waals surface area contributed by atoms with Gasteiger partial charge < -0.3 is 14.5 Å². The first-order chi connectivity index (χ1) is 9.52. The summed E-state index contributed by atoms with van der Waals surface area (Å²) >= 11 is 3.42. The van der Waals surface area contributed by atoms with Gasteiger partial charge in [0.1, 0.15) is 0 Å². The number of carbonyl (C=O) groups is 1. The van der Waals surface area contributed by atoms with Crippen molar-refractivity contribution in [3.63, 3.8) is 0 Å². The summed E-state index contributed by atoms with van der Waals surface area (Å²) < 4.78 is 5.67. The molecule has 20 heavy (non-hydrogen) atoms. The monoisotopic (exact) mass is 340 g/mol. The summed E-state index contributed by atoms with van der Waals surface area (Å²) in [6, 6.07) is 7.85. The number of nitrogens with zero attached hydrogens (tertiary/aromatic N) is 2. The molecule has 0 radical (unpaired) electrons. The predicted molar refractivity (Wildman–Crippen MR) is 84.8 cm³/mol. The minimum absolute atomic E-state index is 0.0761. The molecule has 1 aliphatic rings. The zero-order chi connectivity index (χ0) is 14.7. The van der Waals surface area contributed by atoms with E-state index in [0.717, 1.165) is 16.6 Å². The highest BCUT2D eigenvalue weighted by Crippen LogP contribution is 2.19. The summed E-state index contributed by atoms with van der Waals surface area (Å²) in [6.45, 7) is 3.25. The molecule has 1 fully saturated rings. The van der Waals surface area contributed by atoms with Gasteiger partial charge in [-0.1, -0.05) is 22.0 Å². The molecule has 0 N–H and O–H groups in total. The van der Waals surface area contributed by atoms with E-state index in [1.54, 1.807) is 0 Å². The van der Waals surface area contributed by atoms with Crippen molar-refractivity contribution in [2.24, 2.45) is 0 Å². The van der Waals surface area contributed by atoms with E-state index in [-0.39, 0.29) is 18.1 Å². The van der Waals surface area contributed by atoms with E-state index < -0.39 is 0 Å². The van der Waals surface area contributed by atoms with E-state index in [2.05, 4.69) is 15.9 Å². The lowest BCUT2D eigenvalue weighted by Gasteiger charge is -2.37. The summed E-state index contributed by atoms with van der Waals surface area (Å²) in [7, 11) is 3.95. The molecule has 110 valence electrons. The molecule has 0 saturated carbocycles. The maximum absolute atomic E-state index is 12.7. The average Bonchev–Trinajstić information content (AvgIpc) is 2.47. The summed E-state index contributed by atoms with van der Waals surface area (Å²) in [5.74, 6) is 0.0791. The summed E-state index contributed by atoms with van der Waals surface area (Å²) in [4.78, 5) is 16.6. The lowest BCUT2D eigenvalue weighted by atomic mass is 10.1. The van der Waals surface area contributed by atoms with Gasteiger partial charge in [0, 0.05) is 37.2 Å². The molecule has 1 saturated heterocycles. The number of hydrogen-bond acceptors (Lipinski definition) is 3. The number of rotatable bonds is 3. The Morgan fingerprint density at radius 2 is 2.25 bits per heavy atom. The van der Waals surface area contributed by atoms with Crippen LogP contribution in [0.15, 0.2) is 24.3 Å². The van der Waals surface area contributed by atoms with Crippen LogP contribution in [-0.4, -0.2) is 55.5 Å². The standard InChI is InChI=1S/C15H21BrN2O2/c1-11-10-20-14(8-16)9-18(11)15(19)12-5-4-6-13(7-12)17(2)3/h4-7,11,14H,8-10H2,1-3H3. The van der Waals surface area contributed by atoms with Gasteiger partial charge in [0.05, 0.1) is 18.8 Å². The zero-order valence-corrected chi connectivity index (χ0v) is 13.8. The SMILES string of the molecule is CC1COC(CBr)CN1C(=O)c1cccc(N(C)C)c1. The van der Waals surface area contributed by atoms with Crippen LogP contribution in [0.4, 0.5) is 5.69 Å². The Bertz CT molecular complexity index is 479. The van der Waals surface area contributed by atoms with Crippen molar-refractivity contribution in [1.29, 1.82) is 0 Å². The minimum atomic E-state index is 0.0761. The summed E-state index contributed by atoms with van der Waals surface area (Å²) in [5.41, 5.74) is 1.77. The number of halogens is 1. The van der Waals surface area contributed by atoms with E-state index in [4.69, 9.17) is 4.74 Å². The smallest absolute Gasteiger partial charge is 0.254 e. The van der Waals surface area contributed by atoms with Gasteiger partial charge in [0.25, 0.3) is 5.91 Å². The number of carbonyl (C=O) groups excluding carboxylic acids is 1. The number of benzene rings is 1. The molecule has 0 bridgehead atoms. The lowest BCUT2D eigenvalue weighted by Crippen LogP contribution is -2.51. The third-order valence-corrected chi connectivity index (χ3v) is 4.27. The molecule has 0 aromatic heterocycles. The largest absolute Gasteiger partial charge is 0.378 e. The Morgan fingerprint density at radius 3 is 2.90 bits per heavy atom. The van der Waals surface area contributed by atoms with Crippen molar-refractivity contribution in [1.82, 2.24) is 4.90 Å². The van der Waals surface area contributed by atoms with E-state index >= 15 is 0 Å². The second-order valence-electron chi connectivity index (χ2n) is 5.36. The Morgan fingerprint density at radius 1 is 1.50 bits per heavy atom. The normalized spacial score (nSPS) is 22.7. The molecule has 1 aromatic carbocycles. The van der Waals surface area contributed by atoms with Crippen LogP contribution in [0.5, 0.6) is 0 Å². The van der Waals surface area contributed by atoms with Crippen molar-refractivity contribution in [2.75, 3.05) is 37.5 Å². The predicted octanol–water partition coefficient (Wildman–Crippen LogP) is 2.38. The molecule has 4 nitrogen and oxygen atoms in total. The number of hydrogen-bond donors (Lipinski definition) is 0. The van der Waals surface area contributed by atoms with Crippen LogP contribution in [0.1, 0.15) is 17.3 Å². The topological polar surface area (TPSA) is 32.8 Å². The molecule has 2 atom stereocenters. The highest BCUT2D eigenvalue weighted by Gasteiger charge is 2.29. The van der Waals surface area contributed by atoms with Gasteiger partial charge in [-0.25, -0.2) is 0 Å². The second-order valence-corrected chi connectivity index (χ2v) is 6.01. The third kappa shape index (κ3) is 3.33. The van der Waals surface area contributed by atoms with Gasteiger partial charge in [0.15, 0.2) is 0 Å². The number of ether oxygens (including phenoxy) is 1. The van der Waals surface area contributed by atoms with Gasteiger partial charge in [-0.15, -0.1) is 0 Å². The van der Waals surface area contributed by atoms with E-state index in [9.17, 15) is 4.79 Å². The van der Waals surface area contributed by atoms with Crippen LogP contribution in [0, 0.1) is 0 Å². The first-order valence-electron chi connectivity index (χ1n) is 6.79. The maximum Gasteiger partial charge on any atom is 0.254 e. The molecule has 0 aliphatic carbocycles. The van der Waals surface area contributed by atoms with E-state index in [1.165, 1.54) is 0 Å². The Hall–Kier alpha value is -1.07.